The standard InChI is InChI=1S/C12H10F3N5S/c13-12(14,15)7-20-8-16-18-11(20)21-6-9-5-19-4-2-1-3-10(19)17-9/h1-5,8H,6-7H2. The van der Waals surface area contributed by atoms with E-state index in [0.717, 1.165) is 22.2 Å². The topological polar surface area (TPSA) is 48.0 Å². The van der Waals surface area contributed by atoms with E-state index in [1.165, 1.54) is 11.8 Å². The van der Waals surface area contributed by atoms with Crippen LogP contribution < -0.4 is 0 Å². The first kappa shape index (κ1) is 13.9. The lowest BCUT2D eigenvalue weighted by atomic mass is 10.5. The molecule has 0 unspecified atom stereocenters. The molecule has 21 heavy (non-hydrogen) atoms. The van der Waals surface area contributed by atoms with E-state index < -0.39 is 12.7 Å². The summed E-state index contributed by atoms with van der Waals surface area (Å²) in [7, 11) is 0. The van der Waals surface area contributed by atoms with Gasteiger partial charge in [0.15, 0.2) is 5.16 Å². The first-order chi connectivity index (χ1) is 10.0. The molecule has 0 aromatic carbocycles. The largest absolute Gasteiger partial charge is 0.406 e. The van der Waals surface area contributed by atoms with Crippen molar-refractivity contribution in [3.63, 3.8) is 0 Å². The summed E-state index contributed by atoms with van der Waals surface area (Å²) >= 11 is 1.18. The molecular formula is C12H10F3N5S. The lowest BCUT2D eigenvalue weighted by molar-refractivity contribution is -0.142. The number of thioether (sulfide) groups is 1. The van der Waals surface area contributed by atoms with E-state index >= 15 is 0 Å². The van der Waals surface area contributed by atoms with E-state index in [2.05, 4.69) is 15.2 Å². The number of nitrogens with zero attached hydrogens (tertiary/aromatic N) is 5. The molecule has 0 bridgehead atoms. The number of aromatic nitrogens is 5. The van der Waals surface area contributed by atoms with Crippen molar-refractivity contribution < 1.29 is 13.2 Å². The lowest BCUT2D eigenvalue weighted by Crippen LogP contribution is -2.17. The zero-order valence-corrected chi connectivity index (χ0v) is 11.5. The minimum absolute atomic E-state index is 0.226. The van der Waals surface area contributed by atoms with Crippen molar-refractivity contribution in [2.45, 2.75) is 23.6 Å². The molecule has 0 saturated heterocycles. The van der Waals surface area contributed by atoms with Crippen LogP contribution in [0.2, 0.25) is 0 Å². The van der Waals surface area contributed by atoms with E-state index in [9.17, 15) is 13.2 Å². The molecule has 3 heterocycles. The molecule has 0 amide bonds. The zero-order chi connectivity index (χ0) is 14.9. The van der Waals surface area contributed by atoms with Crippen LogP contribution in [-0.2, 0) is 12.3 Å². The van der Waals surface area contributed by atoms with Crippen LogP contribution in [0.3, 0.4) is 0 Å². The molecule has 9 heteroatoms. The summed E-state index contributed by atoms with van der Waals surface area (Å²) in [6.45, 7) is -1.09. The highest BCUT2D eigenvalue weighted by molar-refractivity contribution is 7.98. The minimum Gasteiger partial charge on any atom is -0.307 e. The summed E-state index contributed by atoms with van der Waals surface area (Å²) in [4.78, 5) is 4.38. The molecular weight excluding hydrogens is 303 g/mol. The Morgan fingerprint density at radius 1 is 1.24 bits per heavy atom. The highest BCUT2D eigenvalue weighted by atomic mass is 32.2. The van der Waals surface area contributed by atoms with Crippen LogP contribution in [0.1, 0.15) is 5.69 Å². The van der Waals surface area contributed by atoms with Gasteiger partial charge in [0.25, 0.3) is 0 Å². The van der Waals surface area contributed by atoms with Crippen molar-refractivity contribution in [3.8, 4) is 0 Å². The Morgan fingerprint density at radius 3 is 2.86 bits per heavy atom. The molecule has 5 nitrogen and oxygen atoms in total. The van der Waals surface area contributed by atoms with Crippen LogP contribution in [0.4, 0.5) is 13.2 Å². The van der Waals surface area contributed by atoms with Crippen molar-refractivity contribution in [1.82, 2.24) is 24.1 Å². The first-order valence-corrected chi connectivity index (χ1v) is 7.00. The van der Waals surface area contributed by atoms with Gasteiger partial charge in [-0.3, -0.25) is 4.57 Å². The van der Waals surface area contributed by atoms with Gasteiger partial charge in [0.2, 0.25) is 0 Å². The average Bonchev–Trinajstić information content (AvgIpc) is 3.00. The van der Waals surface area contributed by atoms with Gasteiger partial charge in [-0.15, -0.1) is 10.2 Å². The second-order valence-electron chi connectivity index (χ2n) is 4.34. The van der Waals surface area contributed by atoms with Crippen LogP contribution in [0.5, 0.6) is 0 Å². The molecule has 3 aromatic heterocycles. The van der Waals surface area contributed by atoms with E-state index in [1.807, 2.05) is 35.0 Å². The van der Waals surface area contributed by atoms with Crippen molar-refractivity contribution in [3.05, 3.63) is 42.6 Å². The second-order valence-corrected chi connectivity index (χ2v) is 5.29. The van der Waals surface area contributed by atoms with Gasteiger partial charge in [0.1, 0.15) is 18.5 Å². The number of hydrogen-bond donors (Lipinski definition) is 0. The third-order valence-corrected chi connectivity index (χ3v) is 3.71. The quantitative estimate of drug-likeness (QED) is 0.695. The fourth-order valence-electron chi connectivity index (χ4n) is 1.85. The molecule has 0 aliphatic heterocycles. The lowest BCUT2D eigenvalue weighted by Gasteiger charge is -2.08. The summed E-state index contributed by atoms with van der Waals surface area (Å²) in [5.74, 6) is 0.429. The van der Waals surface area contributed by atoms with Gasteiger partial charge < -0.3 is 4.40 Å². The van der Waals surface area contributed by atoms with Gasteiger partial charge in [0, 0.05) is 18.1 Å². The molecule has 0 radical (unpaired) electrons. The molecule has 3 rings (SSSR count). The minimum atomic E-state index is -4.29. The SMILES string of the molecule is FC(F)(F)Cn1cnnc1SCc1cn2ccccc2n1. The number of rotatable bonds is 4. The van der Waals surface area contributed by atoms with Crippen molar-refractivity contribution in [2.24, 2.45) is 0 Å². The van der Waals surface area contributed by atoms with E-state index in [0.29, 0.717) is 5.75 Å². The summed E-state index contributed by atoms with van der Waals surface area (Å²) in [5.41, 5.74) is 1.57. The zero-order valence-electron chi connectivity index (χ0n) is 10.7. The Kier molecular flexibility index (Phi) is 3.58. The first-order valence-electron chi connectivity index (χ1n) is 6.01. The maximum absolute atomic E-state index is 12.4. The molecule has 0 saturated carbocycles. The summed E-state index contributed by atoms with van der Waals surface area (Å²) in [6.07, 6.45) is 0.496. The number of halogens is 3. The number of fused-ring (bicyclic) bond motifs is 1. The number of pyridine rings is 1. The Labute approximate surface area is 121 Å². The van der Waals surface area contributed by atoms with E-state index in [1.54, 1.807) is 0 Å². The fraction of sp³-hybridized carbons (Fsp3) is 0.250. The Bertz CT molecular complexity index is 716. The molecule has 3 aromatic rings. The van der Waals surface area contributed by atoms with Crippen molar-refractivity contribution >= 4 is 17.4 Å². The smallest absolute Gasteiger partial charge is 0.307 e. The highest BCUT2D eigenvalue weighted by Crippen LogP contribution is 2.24. The monoisotopic (exact) mass is 313 g/mol. The van der Waals surface area contributed by atoms with Crippen LogP contribution in [-0.4, -0.2) is 30.3 Å². The molecule has 0 aliphatic rings. The maximum atomic E-state index is 12.4. The molecule has 0 fully saturated rings. The van der Waals surface area contributed by atoms with Crippen LogP contribution in [0.15, 0.2) is 42.1 Å². The molecule has 110 valence electrons. The summed E-state index contributed by atoms with van der Waals surface area (Å²) < 4.78 is 40.0. The second kappa shape index (κ2) is 5.40. The van der Waals surface area contributed by atoms with Gasteiger partial charge >= 0.3 is 6.18 Å². The van der Waals surface area contributed by atoms with E-state index in [-0.39, 0.29) is 5.16 Å². The van der Waals surface area contributed by atoms with Gasteiger partial charge in [-0.05, 0) is 12.1 Å². The van der Waals surface area contributed by atoms with E-state index in [4.69, 9.17) is 0 Å². The Hall–Kier alpha value is -2.03. The summed E-state index contributed by atoms with van der Waals surface area (Å²) in [6, 6.07) is 5.62. The fourth-order valence-corrected chi connectivity index (χ4v) is 2.65. The summed E-state index contributed by atoms with van der Waals surface area (Å²) in [5, 5.41) is 7.46. The number of imidazole rings is 1. The predicted octanol–water partition coefficient (Wildman–Crippen LogP) is 2.78. The van der Waals surface area contributed by atoms with Crippen LogP contribution in [0, 0.1) is 0 Å². The molecule has 0 N–H and O–H groups in total. The Balaban J connectivity index is 1.71. The van der Waals surface area contributed by atoms with Gasteiger partial charge in [-0.2, -0.15) is 13.2 Å². The molecule has 0 spiro atoms. The maximum Gasteiger partial charge on any atom is 0.406 e. The van der Waals surface area contributed by atoms with Crippen molar-refractivity contribution in [1.29, 1.82) is 0 Å². The predicted molar refractivity (Wildman–Crippen MR) is 70.8 cm³/mol. The Morgan fingerprint density at radius 2 is 2.10 bits per heavy atom. The molecule has 0 atom stereocenters. The van der Waals surface area contributed by atoms with Gasteiger partial charge in [-0.25, -0.2) is 4.98 Å². The van der Waals surface area contributed by atoms with Crippen LogP contribution in [0.25, 0.3) is 5.65 Å². The third-order valence-electron chi connectivity index (χ3n) is 2.69. The van der Waals surface area contributed by atoms with Crippen LogP contribution >= 0.6 is 11.8 Å². The van der Waals surface area contributed by atoms with Gasteiger partial charge in [-0.1, -0.05) is 17.8 Å². The third kappa shape index (κ3) is 3.35. The molecule has 0 aliphatic carbocycles. The van der Waals surface area contributed by atoms with Gasteiger partial charge in [0.05, 0.1) is 5.69 Å². The number of hydrogen-bond acceptors (Lipinski definition) is 4. The number of alkyl halides is 3. The highest BCUT2D eigenvalue weighted by Gasteiger charge is 2.29. The van der Waals surface area contributed by atoms with Crippen molar-refractivity contribution in [2.75, 3.05) is 0 Å². The average molecular weight is 313 g/mol. The normalized spacial score (nSPS) is 12.1.